The fraction of sp³-hybridized carbons (Fsp3) is 0.684. The molecule has 0 saturated carbocycles. The molecular formula is C19H30N4. The number of fused-ring (bicyclic) bond motifs is 1. The Morgan fingerprint density at radius 1 is 1.30 bits per heavy atom. The highest BCUT2D eigenvalue weighted by Crippen LogP contribution is 2.26. The van der Waals surface area contributed by atoms with Crippen LogP contribution in [0.25, 0.3) is 11.2 Å². The molecule has 0 aromatic carbocycles. The summed E-state index contributed by atoms with van der Waals surface area (Å²) in [6.07, 6.45) is 5.59. The minimum atomic E-state index is 0.224. The van der Waals surface area contributed by atoms with Crippen LogP contribution in [0.1, 0.15) is 46.4 Å². The van der Waals surface area contributed by atoms with Crippen molar-refractivity contribution in [2.75, 3.05) is 19.6 Å². The summed E-state index contributed by atoms with van der Waals surface area (Å²) in [6.45, 7) is 13.7. The van der Waals surface area contributed by atoms with E-state index in [9.17, 15) is 0 Å². The first kappa shape index (κ1) is 16.4. The SMILES string of the molecule is CCN1CCCC(Cc2nc3cccnc3n2CC(C)(C)C)C1. The molecule has 2 aromatic heterocycles. The van der Waals surface area contributed by atoms with Gasteiger partial charge in [0.1, 0.15) is 11.3 Å². The molecule has 126 valence electrons. The Kier molecular flexibility index (Phi) is 4.72. The average molecular weight is 314 g/mol. The van der Waals surface area contributed by atoms with Crippen LogP contribution in [-0.4, -0.2) is 39.1 Å². The van der Waals surface area contributed by atoms with Crippen LogP contribution in [0.15, 0.2) is 18.3 Å². The lowest BCUT2D eigenvalue weighted by molar-refractivity contribution is 0.179. The monoisotopic (exact) mass is 314 g/mol. The summed E-state index contributed by atoms with van der Waals surface area (Å²) in [5, 5.41) is 0. The second kappa shape index (κ2) is 6.60. The van der Waals surface area contributed by atoms with E-state index in [0.29, 0.717) is 0 Å². The zero-order valence-electron chi connectivity index (χ0n) is 15.0. The number of likely N-dealkylation sites (tertiary alicyclic amines) is 1. The molecule has 3 heterocycles. The molecule has 1 aliphatic rings. The van der Waals surface area contributed by atoms with E-state index in [-0.39, 0.29) is 5.41 Å². The Morgan fingerprint density at radius 3 is 2.87 bits per heavy atom. The number of aromatic nitrogens is 3. The lowest BCUT2D eigenvalue weighted by atomic mass is 9.93. The standard InChI is InChI=1S/C19H30N4/c1-5-22-11-7-8-15(13-22)12-17-21-16-9-6-10-20-18(16)23(17)14-19(2,3)4/h6,9-10,15H,5,7-8,11-14H2,1-4H3. The van der Waals surface area contributed by atoms with Gasteiger partial charge in [0, 0.05) is 25.7 Å². The average Bonchev–Trinajstić information content (AvgIpc) is 2.83. The molecule has 2 aromatic rings. The predicted molar refractivity (Wildman–Crippen MR) is 95.5 cm³/mol. The van der Waals surface area contributed by atoms with E-state index in [1.54, 1.807) is 0 Å². The van der Waals surface area contributed by atoms with Crippen molar-refractivity contribution in [3.8, 4) is 0 Å². The molecule has 0 aliphatic carbocycles. The van der Waals surface area contributed by atoms with Gasteiger partial charge in [0.25, 0.3) is 0 Å². The third-order valence-electron chi connectivity index (χ3n) is 4.74. The number of hydrogen-bond donors (Lipinski definition) is 0. The van der Waals surface area contributed by atoms with Gasteiger partial charge >= 0.3 is 0 Å². The zero-order chi connectivity index (χ0) is 16.4. The largest absolute Gasteiger partial charge is 0.312 e. The van der Waals surface area contributed by atoms with Gasteiger partial charge in [-0.15, -0.1) is 0 Å². The molecule has 1 unspecified atom stereocenters. The molecule has 0 bridgehead atoms. The van der Waals surface area contributed by atoms with Gasteiger partial charge in [-0.05, 0) is 49.4 Å². The van der Waals surface area contributed by atoms with Gasteiger partial charge in [-0.3, -0.25) is 0 Å². The molecule has 4 heteroatoms. The lowest BCUT2D eigenvalue weighted by Crippen LogP contribution is -2.36. The third-order valence-corrected chi connectivity index (χ3v) is 4.74. The van der Waals surface area contributed by atoms with Crippen LogP contribution < -0.4 is 0 Å². The van der Waals surface area contributed by atoms with Crippen molar-refractivity contribution in [2.24, 2.45) is 11.3 Å². The molecule has 0 spiro atoms. The highest BCUT2D eigenvalue weighted by molar-refractivity contribution is 5.71. The Bertz CT molecular complexity index is 653. The summed E-state index contributed by atoms with van der Waals surface area (Å²) >= 11 is 0. The van der Waals surface area contributed by atoms with E-state index in [1.807, 2.05) is 12.3 Å². The van der Waals surface area contributed by atoms with Crippen LogP contribution in [0, 0.1) is 11.3 Å². The van der Waals surface area contributed by atoms with E-state index < -0.39 is 0 Å². The van der Waals surface area contributed by atoms with E-state index in [2.05, 4.69) is 48.2 Å². The van der Waals surface area contributed by atoms with Gasteiger partial charge in [0.2, 0.25) is 0 Å². The first-order valence-electron chi connectivity index (χ1n) is 8.99. The fourth-order valence-electron chi connectivity index (χ4n) is 3.66. The lowest BCUT2D eigenvalue weighted by Gasteiger charge is -2.32. The Hall–Kier alpha value is -1.42. The van der Waals surface area contributed by atoms with Crippen molar-refractivity contribution in [1.29, 1.82) is 0 Å². The van der Waals surface area contributed by atoms with E-state index in [1.165, 1.54) is 31.8 Å². The van der Waals surface area contributed by atoms with Crippen molar-refractivity contribution >= 4 is 11.2 Å². The molecule has 0 amide bonds. The van der Waals surface area contributed by atoms with Crippen LogP contribution >= 0.6 is 0 Å². The molecule has 1 aliphatic heterocycles. The third kappa shape index (κ3) is 3.92. The Labute approximate surface area is 139 Å². The van der Waals surface area contributed by atoms with Crippen molar-refractivity contribution in [3.63, 3.8) is 0 Å². The first-order valence-corrected chi connectivity index (χ1v) is 8.99. The van der Waals surface area contributed by atoms with E-state index >= 15 is 0 Å². The molecule has 0 radical (unpaired) electrons. The van der Waals surface area contributed by atoms with Crippen LogP contribution in [-0.2, 0) is 13.0 Å². The molecule has 0 N–H and O–H groups in total. The summed E-state index contributed by atoms with van der Waals surface area (Å²) in [5.74, 6) is 1.94. The number of imidazole rings is 1. The molecule has 23 heavy (non-hydrogen) atoms. The summed E-state index contributed by atoms with van der Waals surface area (Å²) < 4.78 is 2.36. The Balaban J connectivity index is 1.88. The van der Waals surface area contributed by atoms with Crippen molar-refractivity contribution in [2.45, 2.75) is 53.5 Å². The smallest absolute Gasteiger partial charge is 0.160 e. The number of hydrogen-bond acceptors (Lipinski definition) is 3. The molecule has 4 nitrogen and oxygen atoms in total. The minimum Gasteiger partial charge on any atom is -0.312 e. The summed E-state index contributed by atoms with van der Waals surface area (Å²) in [4.78, 5) is 12.1. The maximum atomic E-state index is 4.92. The van der Waals surface area contributed by atoms with Gasteiger partial charge < -0.3 is 9.47 Å². The molecule has 1 fully saturated rings. The maximum absolute atomic E-state index is 4.92. The number of nitrogens with zero attached hydrogens (tertiary/aromatic N) is 4. The highest BCUT2D eigenvalue weighted by Gasteiger charge is 2.24. The van der Waals surface area contributed by atoms with Gasteiger partial charge in [-0.2, -0.15) is 0 Å². The number of pyridine rings is 1. The van der Waals surface area contributed by atoms with Crippen LogP contribution in [0.2, 0.25) is 0 Å². The van der Waals surface area contributed by atoms with Crippen molar-refractivity contribution in [1.82, 2.24) is 19.4 Å². The second-order valence-corrected chi connectivity index (χ2v) is 8.13. The zero-order valence-corrected chi connectivity index (χ0v) is 15.0. The van der Waals surface area contributed by atoms with Crippen LogP contribution in [0.4, 0.5) is 0 Å². The molecule has 3 rings (SSSR count). The Morgan fingerprint density at radius 2 is 2.13 bits per heavy atom. The number of piperidine rings is 1. The maximum Gasteiger partial charge on any atom is 0.160 e. The number of rotatable bonds is 4. The van der Waals surface area contributed by atoms with Gasteiger partial charge in [-0.25, -0.2) is 9.97 Å². The fourth-order valence-corrected chi connectivity index (χ4v) is 3.66. The highest BCUT2D eigenvalue weighted by atomic mass is 15.1. The molecule has 1 saturated heterocycles. The minimum absolute atomic E-state index is 0.224. The molecular weight excluding hydrogens is 284 g/mol. The normalized spacial score (nSPS) is 20.3. The predicted octanol–water partition coefficient (Wildman–Crippen LogP) is 3.75. The first-order chi connectivity index (χ1) is 11.0. The van der Waals surface area contributed by atoms with E-state index in [4.69, 9.17) is 4.98 Å². The van der Waals surface area contributed by atoms with E-state index in [0.717, 1.165) is 36.6 Å². The summed E-state index contributed by atoms with van der Waals surface area (Å²) in [7, 11) is 0. The van der Waals surface area contributed by atoms with Crippen LogP contribution in [0.3, 0.4) is 0 Å². The van der Waals surface area contributed by atoms with Gasteiger partial charge in [0.05, 0.1) is 0 Å². The van der Waals surface area contributed by atoms with Crippen molar-refractivity contribution < 1.29 is 0 Å². The summed E-state index contributed by atoms with van der Waals surface area (Å²) in [6, 6.07) is 4.07. The van der Waals surface area contributed by atoms with Crippen molar-refractivity contribution in [3.05, 3.63) is 24.2 Å². The summed E-state index contributed by atoms with van der Waals surface area (Å²) in [5.41, 5.74) is 2.30. The molecule has 1 atom stereocenters. The van der Waals surface area contributed by atoms with Crippen LogP contribution in [0.5, 0.6) is 0 Å². The second-order valence-electron chi connectivity index (χ2n) is 8.13. The topological polar surface area (TPSA) is 34.0 Å². The quantitative estimate of drug-likeness (QED) is 0.862. The van der Waals surface area contributed by atoms with Gasteiger partial charge in [0.15, 0.2) is 5.65 Å². The van der Waals surface area contributed by atoms with Gasteiger partial charge in [-0.1, -0.05) is 27.7 Å².